The minimum atomic E-state index is -1.45. The average Bonchev–Trinajstić information content (AvgIpc) is 2.65. The topological polar surface area (TPSA) is 146 Å². The van der Waals surface area contributed by atoms with E-state index in [1.807, 2.05) is 0 Å². The van der Waals surface area contributed by atoms with Gasteiger partial charge in [0.25, 0.3) is 5.69 Å². The van der Waals surface area contributed by atoms with Crippen molar-refractivity contribution in [3.8, 4) is 0 Å². The van der Waals surface area contributed by atoms with E-state index < -0.39 is 34.1 Å². The molecule has 0 saturated heterocycles. The van der Waals surface area contributed by atoms with Crippen LogP contribution in [0.5, 0.6) is 0 Å². The number of nitrogens with zero attached hydrogens (tertiary/aromatic N) is 2. The van der Waals surface area contributed by atoms with Gasteiger partial charge in [-0.2, -0.15) is 0 Å². The number of hydrogen-bond acceptors (Lipinski definition) is 9. The summed E-state index contributed by atoms with van der Waals surface area (Å²) >= 11 is 0. The minimum Gasteiger partial charge on any atom is -0.478 e. The third kappa shape index (κ3) is 3.72. The molecule has 1 aliphatic heterocycles. The van der Waals surface area contributed by atoms with Crippen LogP contribution in [-0.4, -0.2) is 55.5 Å². The fourth-order valence-corrected chi connectivity index (χ4v) is 2.71. The van der Waals surface area contributed by atoms with E-state index in [9.17, 15) is 29.6 Å². The second-order valence-electron chi connectivity index (χ2n) is 5.44. The molecule has 0 aromatic heterocycles. The van der Waals surface area contributed by atoms with Gasteiger partial charge in [0.2, 0.25) is 0 Å². The summed E-state index contributed by atoms with van der Waals surface area (Å²) < 4.78 is 14.6. The van der Waals surface area contributed by atoms with Crippen molar-refractivity contribution in [1.82, 2.24) is 0 Å². The highest BCUT2D eigenvalue weighted by molar-refractivity contribution is 6.05. The van der Waals surface area contributed by atoms with Crippen LogP contribution in [0.3, 0.4) is 0 Å². The molecule has 11 nitrogen and oxygen atoms in total. The van der Waals surface area contributed by atoms with Crippen LogP contribution in [0, 0.1) is 17.0 Å². The smallest absolute Gasteiger partial charge is 0.355 e. The van der Waals surface area contributed by atoms with Gasteiger partial charge in [-0.3, -0.25) is 10.1 Å². The molecule has 11 heteroatoms. The van der Waals surface area contributed by atoms with E-state index in [1.165, 1.54) is 6.92 Å². The molecule has 2 rings (SSSR count). The van der Waals surface area contributed by atoms with E-state index >= 15 is 0 Å². The Balaban J connectivity index is 2.78. The monoisotopic (exact) mass is 380 g/mol. The number of methoxy groups -OCH3 is 2. The standard InChI is InChI=1S/C16H16N2O9/c1-8-4-9(18(23)24)5-10(14(19)20)12(8)17-7-27-6-11(15(21)25-2)13(17)16(22)26-3/h4-5H,6-7H2,1-3H3,(H,19,20). The van der Waals surface area contributed by atoms with Crippen molar-refractivity contribution in [2.45, 2.75) is 6.92 Å². The number of aryl methyl sites for hydroxylation is 1. The summed E-state index contributed by atoms with van der Waals surface area (Å²) in [5.74, 6) is -3.21. The first kappa shape index (κ1) is 19.8. The van der Waals surface area contributed by atoms with Crippen LogP contribution in [0.4, 0.5) is 11.4 Å². The number of nitro benzene ring substituents is 1. The van der Waals surface area contributed by atoms with Gasteiger partial charge in [-0.25, -0.2) is 14.4 Å². The fourth-order valence-electron chi connectivity index (χ4n) is 2.71. The molecule has 1 aromatic rings. The lowest BCUT2D eigenvalue weighted by atomic mass is 10.0. The van der Waals surface area contributed by atoms with Crippen LogP contribution in [0.2, 0.25) is 0 Å². The molecule has 0 amide bonds. The van der Waals surface area contributed by atoms with Crippen molar-refractivity contribution < 1.29 is 38.6 Å². The first-order chi connectivity index (χ1) is 12.7. The second-order valence-corrected chi connectivity index (χ2v) is 5.44. The normalized spacial score (nSPS) is 14.0. The third-order valence-electron chi connectivity index (χ3n) is 3.83. The first-order valence-corrected chi connectivity index (χ1v) is 7.50. The molecular weight excluding hydrogens is 364 g/mol. The van der Waals surface area contributed by atoms with Crippen LogP contribution < -0.4 is 4.90 Å². The number of esters is 2. The lowest BCUT2D eigenvalue weighted by molar-refractivity contribution is -0.384. The van der Waals surface area contributed by atoms with Gasteiger partial charge in [0.15, 0.2) is 0 Å². The van der Waals surface area contributed by atoms with Crippen LogP contribution in [0.25, 0.3) is 0 Å². The van der Waals surface area contributed by atoms with Gasteiger partial charge in [-0.05, 0) is 12.5 Å². The number of carboxylic acids is 1. The Morgan fingerprint density at radius 3 is 2.37 bits per heavy atom. The Morgan fingerprint density at radius 1 is 1.22 bits per heavy atom. The van der Waals surface area contributed by atoms with E-state index in [-0.39, 0.29) is 35.9 Å². The maximum atomic E-state index is 12.3. The molecule has 1 heterocycles. The van der Waals surface area contributed by atoms with Crippen molar-refractivity contribution >= 4 is 29.3 Å². The van der Waals surface area contributed by atoms with E-state index in [2.05, 4.69) is 4.74 Å². The molecule has 0 radical (unpaired) electrons. The number of carboxylic acid groups (broad SMARTS) is 1. The average molecular weight is 380 g/mol. The largest absolute Gasteiger partial charge is 0.478 e. The zero-order chi connectivity index (χ0) is 20.3. The maximum absolute atomic E-state index is 12.3. The quantitative estimate of drug-likeness (QED) is 0.446. The molecule has 0 unspecified atom stereocenters. The number of ether oxygens (including phenoxy) is 3. The van der Waals surface area contributed by atoms with E-state index in [1.54, 1.807) is 0 Å². The van der Waals surface area contributed by atoms with Gasteiger partial charge in [-0.15, -0.1) is 0 Å². The molecule has 1 aromatic carbocycles. The highest BCUT2D eigenvalue weighted by Crippen LogP contribution is 2.35. The summed E-state index contributed by atoms with van der Waals surface area (Å²) in [6.45, 7) is 0.919. The summed E-state index contributed by atoms with van der Waals surface area (Å²) in [6.07, 6.45) is 0. The number of benzene rings is 1. The van der Waals surface area contributed by atoms with E-state index in [0.29, 0.717) is 0 Å². The van der Waals surface area contributed by atoms with E-state index in [0.717, 1.165) is 31.3 Å². The number of aromatic carboxylic acids is 1. The van der Waals surface area contributed by atoms with Crippen molar-refractivity contribution in [3.05, 3.63) is 44.6 Å². The zero-order valence-electron chi connectivity index (χ0n) is 14.7. The van der Waals surface area contributed by atoms with E-state index in [4.69, 9.17) is 9.47 Å². The highest BCUT2D eigenvalue weighted by atomic mass is 16.6. The summed E-state index contributed by atoms with van der Waals surface area (Å²) in [4.78, 5) is 47.5. The molecule has 0 atom stereocenters. The Morgan fingerprint density at radius 2 is 1.85 bits per heavy atom. The second kappa shape index (κ2) is 7.83. The van der Waals surface area contributed by atoms with Crippen LogP contribution >= 0.6 is 0 Å². The number of hydrogen-bond donors (Lipinski definition) is 1. The molecule has 144 valence electrons. The Kier molecular flexibility index (Phi) is 5.75. The number of non-ortho nitro benzene ring substituents is 1. The summed E-state index contributed by atoms with van der Waals surface area (Å²) in [6, 6.07) is 2.02. The molecular formula is C16H16N2O9. The zero-order valence-corrected chi connectivity index (χ0v) is 14.7. The molecule has 0 fully saturated rings. The summed E-state index contributed by atoms with van der Waals surface area (Å²) in [5, 5.41) is 20.6. The highest BCUT2D eigenvalue weighted by Gasteiger charge is 2.35. The van der Waals surface area contributed by atoms with Gasteiger partial charge in [0.05, 0.1) is 42.6 Å². The third-order valence-corrected chi connectivity index (χ3v) is 3.83. The lowest BCUT2D eigenvalue weighted by Gasteiger charge is -2.33. The number of nitro groups is 1. The maximum Gasteiger partial charge on any atom is 0.355 e. The number of rotatable bonds is 5. The van der Waals surface area contributed by atoms with Crippen LogP contribution in [0.15, 0.2) is 23.4 Å². The van der Waals surface area contributed by atoms with Crippen LogP contribution in [0.1, 0.15) is 15.9 Å². The van der Waals surface area contributed by atoms with Crippen molar-refractivity contribution in [2.75, 3.05) is 32.5 Å². The number of carbonyl (C=O) groups is 3. The first-order valence-electron chi connectivity index (χ1n) is 7.50. The van der Waals surface area contributed by atoms with Gasteiger partial charge < -0.3 is 24.2 Å². The Hall–Kier alpha value is -3.47. The fraction of sp³-hybridized carbons (Fsp3) is 0.312. The van der Waals surface area contributed by atoms with Crippen LogP contribution in [-0.2, 0) is 23.8 Å². The minimum absolute atomic E-state index is 0.0328. The van der Waals surface area contributed by atoms with Gasteiger partial charge in [0.1, 0.15) is 12.4 Å². The Labute approximate surface area is 152 Å². The molecule has 1 N–H and O–H groups in total. The predicted octanol–water partition coefficient (Wildman–Crippen LogP) is 0.996. The summed E-state index contributed by atoms with van der Waals surface area (Å²) in [5.41, 5.74) is -1.12. The van der Waals surface area contributed by atoms with Crippen molar-refractivity contribution in [1.29, 1.82) is 0 Å². The lowest BCUT2D eigenvalue weighted by Crippen LogP contribution is -2.39. The molecule has 0 aliphatic carbocycles. The molecule has 27 heavy (non-hydrogen) atoms. The van der Waals surface area contributed by atoms with Crippen molar-refractivity contribution in [3.63, 3.8) is 0 Å². The predicted molar refractivity (Wildman–Crippen MR) is 89.1 cm³/mol. The molecule has 1 aliphatic rings. The Bertz CT molecular complexity index is 860. The van der Waals surface area contributed by atoms with Crippen molar-refractivity contribution in [2.24, 2.45) is 0 Å². The molecule has 0 saturated carbocycles. The number of carbonyl (C=O) groups excluding carboxylic acids is 2. The molecule has 0 spiro atoms. The summed E-state index contributed by atoms with van der Waals surface area (Å²) in [7, 11) is 2.21. The molecule has 0 bridgehead atoms. The van der Waals surface area contributed by atoms with Gasteiger partial charge in [-0.1, -0.05) is 0 Å². The van der Waals surface area contributed by atoms with Gasteiger partial charge in [0, 0.05) is 12.1 Å². The van der Waals surface area contributed by atoms with Gasteiger partial charge >= 0.3 is 17.9 Å². The SMILES string of the molecule is COC(=O)C1=C(C(=O)OC)N(c2c(C)cc([N+](=O)[O-])cc2C(=O)O)COC1. The number of anilines is 1.